The lowest BCUT2D eigenvalue weighted by Crippen LogP contribution is -2.40. The third-order valence-electron chi connectivity index (χ3n) is 3.40. The van der Waals surface area contributed by atoms with Crippen LogP contribution in [0.2, 0.25) is 0 Å². The molecule has 1 aliphatic rings. The lowest BCUT2D eigenvalue weighted by Gasteiger charge is -2.33. The number of rotatable bonds is 4. The predicted octanol–water partition coefficient (Wildman–Crippen LogP) is 1.64. The van der Waals surface area contributed by atoms with Crippen LogP contribution in [-0.4, -0.2) is 43.9 Å². The molecule has 1 unspecified atom stereocenters. The predicted molar refractivity (Wildman–Crippen MR) is 75.0 cm³/mol. The topological polar surface area (TPSA) is 76.1 Å². The van der Waals surface area contributed by atoms with Gasteiger partial charge in [-0.25, -0.2) is 0 Å². The Bertz CT molecular complexity index is 604. The van der Waals surface area contributed by atoms with E-state index < -0.39 is 16.3 Å². The van der Waals surface area contributed by atoms with E-state index in [-0.39, 0.29) is 12.4 Å². The first kappa shape index (κ1) is 15.4. The molecule has 1 N–H and O–H groups in total. The van der Waals surface area contributed by atoms with Crippen LogP contribution in [0.25, 0.3) is 0 Å². The van der Waals surface area contributed by atoms with E-state index in [4.69, 9.17) is 21.1 Å². The summed E-state index contributed by atoms with van der Waals surface area (Å²) in [6.07, 6.45) is 0.475. The maximum atomic E-state index is 11.4. The van der Waals surface area contributed by atoms with Gasteiger partial charge < -0.3 is 9.47 Å². The summed E-state index contributed by atoms with van der Waals surface area (Å²) in [6.45, 7) is 0.179. The first-order valence-corrected chi connectivity index (χ1v) is 7.90. The second-order valence-electron chi connectivity index (χ2n) is 4.41. The van der Waals surface area contributed by atoms with Gasteiger partial charge in [0.2, 0.25) is 0 Å². The van der Waals surface area contributed by atoms with E-state index in [1.807, 2.05) is 6.07 Å². The van der Waals surface area contributed by atoms with Crippen molar-refractivity contribution in [2.24, 2.45) is 0 Å². The van der Waals surface area contributed by atoms with Gasteiger partial charge in [-0.3, -0.25) is 4.55 Å². The first-order valence-electron chi connectivity index (χ1n) is 5.97. The van der Waals surface area contributed by atoms with Crippen molar-refractivity contribution < 1.29 is 22.4 Å². The van der Waals surface area contributed by atoms with Crippen LogP contribution in [0, 0.1) is 0 Å². The molecule has 0 bridgehead atoms. The summed E-state index contributed by atoms with van der Waals surface area (Å²) in [5.41, 5.74) is 1.66. The lowest BCUT2D eigenvalue weighted by atomic mass is 9.94. The van der Waals surface area contributed by atoms with E-state index in [2.05, 4.69) is 0 Å². The van der Waals surface area contributed by atoms with Gasteiger partial charge in [-0.15, -0.1) is 11.6 Å². The van der Waals surface area contributed by atoms with Crippen LogP contribution in [0.1, 0.15) is 17.2 Å². The van der Waals surface area contributed by atoms with Gasteiger partial charge in [-0.05, 0) is 29.7 Å². The average Bonchev–Trinajstić information content (AvgIpc) is 2.43. The van der Waals surface area contributed by atoms with Gasteiger partial charge in [0, 0.05) is 12.4 Å². The van der Waals surface area contributed by atoms with Crippen molar-refractivity contribution in [1.82, 2.24) is 4.31 Å². The van der Waals surface area contributed by atoms with Gasteiger partial charge in [0.05, 0.1) is 20.3 Å². The fraction of sp³-hybridized carbons (Fsp3) is 0.500. The van der Waals surface area contributed by atoms with Crippen molar-refractivity contribution in [3.05, 3.63) is 23.3 Å². The van der Waals surface area contributed by atoms with E-state index in [1.54, 1.807) is 6.07 Å². The summed E-state index contributed by atoms with van der Waals surface area (Å²) < 4.78 is 43.5. The first-order chi connectivity index (χ1) is 9.42. The summed E-state index contributed by atoms with van der Waals surface area (Å²) >= 11 is 5.89. The molecule has 2 rings (SSSR count). The van der Waals surface area contributed by atoms with Crippen LogP contribution < -0.4 is 9.47 Å². The molecule has 0 spiro atoms. The zero-order valence-corrected chi connectivity index (χ0v) is 12.7. The van der Waals surface area contributed by atoms with Gasteiger partial charge in [-0.2, -0.15) is 12.7 Å². The molecule has 6 nitrogen and oxygen atoms in total. The number of ether oxygens (including phenoxy) is 2. The van der Waals surface area contributed by atoms with E-state index in [9.17, 15) is 13.0 Å². The van der Waals surface area contributed by atoms with E-state index >= 15 is 0 Å². The SMILES string of the molecule is COc1cc2c(cc1OC)C(CCl)N(S(=O)(=O)O)CC2. The Labute approximate surface area is 123 Å². The molecular weight excluding hydrogens is 306 g/mol. The van der Waals surface area contributed by atoms with E-state index in [0.29, 0.717) is 17.9 Å². The Balaban J connectivity index is 2.53. The molecule has 1 atom stereocenters. The minimum atomic E-state index is -4.29. The zero-order valence-electron chi connectivity index (χ0n) is 11.2. The standard InChI is InChI=1S/C12H16ClNO5S/c1-18-11-5-8-3-4-14(20(15,16)17)10(7-13)9(8)6-12(11)19-2/h5-6,10H,3-4,7H2,1-2H3,(H,15,16,17). The van der Waals surface area contributed by atoms with E-state index in [1.165, 1.54) is 14.2 Å². The van der Waals surface area contributed by atoms with Crippen LogP contribution in [-0.2, 0) is 16.7 Å². The molecule has 0 aromatic heterocycles. The average molecular weight is 322 g/mol. The quantitative estimate of drug-likeness (QED) is 0.674. The fourth-order valence-electron chi connectivity index (χ4n) is 2.44. The maximum absolute atomic E-state index is 11.4. The van der Waals surface area contributed by atoms with Gasteiger partial charge >= 0.3 is 10.3 Å². The van der Waals surface area contributed by atoms with Gasteiger partial charge in [0.1, 0.15) is 0 Å². The maximum Gasteiger partial charge on any atom is 0.336 e. The van der Waals surface area contributed by atoms with Crippen molar-refractivity contribution in [3.8, 4) is 11.5 Å². The molecule has 0 aliphatic carbocycles. The summed E-state index contributed by atoms with van der Waals surface area (Å²) in [5, 5.41) is 0. The summed E-state index contributed by atoms with van der Waals surface area (Å²) in [5.74, 6) is 1.13. The van der Waals surface area contributed by atoms with Gasteiger partial charge in [0.15, 0.2) is 11.5 Å². The third-order valence-corrected chi connectivity index (χ3v) is 4.72. The third kappa shape index (κ3) is 2.71. The second kappa shape index (κ2) is 5.77. The highest BCUT2D eigenvalue weighted by Crippen LogP contribution is 2.39. The number of fused-ring (bicyclic) bond motifs is 1. The smallest absolute Gasteiger partial charge is 0.336 e. The molecule has 112 valence electrons. The highest BCUT2D eigenvalue weighted by atomic mass is 35.5. The summed E-state index contributed by atoms with van der Waals surface area (Å²) in [4.78, 5) is 0. The minimum Gasteiger partial charge on any atom is -0.493 e. The fourth-order valence-corrected chi connectivity index (χ4v) is 3.69. The molecule has 0 saturated carbocycles. The van der Waals surface area contributed by atoms with Crippen molar-refractivity contribution in [1.29, 1.82) is 0 Å². The Kier molecular flexibility index (Phi) is 4.43. The number of nitrogens with zero attached hydrogens (tertiary/aromatic N) is 1. The van der Waals surface area contributed by atoms with Crippen LogP contribution in [0.3, 0.4) is 0 Å². The Morgan fingerprint density at radius 3 is 2.45 bits per heavy atom. The highest BCUT2D eigenvalue weighted by molar-refractivity contribution is 7.83. The molecule has 20 heavy (non-hydrogen) atoms. The Morgan fingerprint density at radius 1 is 1.35 bits per heavy atom. The number of methoxy groups -OCH3 is 2. The summed E-state index contributed by atoms with van der Waals surface area (Å²) in [7, 11) is -1.25. The molecule has 0 saturated heterocycles. The molecule has 1 aromatic carbocycles. The number of benzene rings is 1. The van der Waals surface area contributed by atoms with Gasteiger partial charge in [-0.1, -0.05) is 0 Å². The van der Waals surface area contributed by atoms with Crippen molar-refractivity contribution in [3.63, 3.8) is 0 Å². The van der Waals surface area contributed by atoms with Crippen molar-refractivity contribution in [2.45, 2.75) is 12.5 Å². The van der Waals surface area contributed by atoms with Crippen LogP contribution >= 0.6 is 11.6 Å². The minimum absolute atomic E-state index is 0.0439. The lowest BCUT2D eigenvalue weighted by molar-refractivity contribution is 0.288. The molecule has 0 amide bonds. The number of hydrogen-bond donors (Lipinski definition) is 1. The van der Waals surface area contributed by atoms with Gasteiger partial charge in [0.25, 0.3) is 0 Å². The molecule has 1 aromatic rings. The Morgan fingerprint density at radius 2 is 1.95 bits per heavy atom. The normalized spacial score (nSPS) is 19.5. The van der Waals surface area contributed by atoms with Crippen LogP contribution in [0.4, 0.5) is 0 Å². The molecule has 1 aliphatic heterocycles. The highest BCUT2D eigenvalue weighted by Gasteiger charge is 2.34. The van der Waals surface area contributed by atoms with Crippen LogP contribution in [0.5, 0.6) is 11.5 Å². The number of alkyl halides is 1. The second-order valence-corrected chi connectivity index (χ2v) is 6.09. The van der Waals surface area contributed by atoms with Crippen molar-refractivity contribution in [2.75, 3.05) is 26.6 Å². The Hall–Kier alpha value is -1.02. The largest absolute Gasteiger partial charge is 0.493 e. The molecule has 1 heterocycles. The molecule has 0 radical (unpaired) electrons. The molecule has 8 heteroatoms. The van der Waals surface area contributed by atoms with Crippen molar-refractivity contribution >= 4 is 21.9 Å². The number of hydrogen-bond acceptors (Lipinski definition) is 4. The number of halogens is 1. The molecule has 0 fully saturated rings. The van der Waals surface area contributed by atoms with E-state index in [0.717, 1.165) is 15.4 Å². The summed E-state index contributed by atoms with van der Waals surface area (Å²) in [6, 6.07) is 2.91. The molecular formula is C12H16ClNO5S. The van der Waals surface area contributed by atoms with Crippen LogP contribution in [0.15, 0.2) is 12.1 Å². The zero-order chi connectivity index (χ0) is 14.9. The monoisotopic (exact) mass is 321 g/mol.